The minimum atomic E-state index is -0.220. The van der Waals surface area contributed by atoms with Gasteiger partial charge in [-0.3, -0.25) is 14.7 Å². The van der Waals surface area contributed by atoms with E-state index < -0.39 is 0 Å². The Morgan fingerprint density at radius 1 is 1.20 bits per heavy atom. The van der Waals surface area contributed by atoms with Crippen molar-refractivity contribution in [1.29, 1.82) is 0 Å². The Labute approximate surface area is 148 Å². The predicted octanol–water partition coefficient (Wildman–Crippen LogP) is 1.89. The molecule has 1 fully saturated rings. The molecule has 1 aromatic carbocycles. The van der Waals surface area contributed by atoms with Crippen LogP contribution in [-0.4, -0.2) is 58.2 Å². The molecule has 2 aromatic rings. The minimum Gasteiger partial charge on any atom is -0.332 e. The second-order valence-electron chi connectivity index (χ2n) is 7.25. The summed E-state index contributed by atoms with van der Waals surface area (Å²) in [5, 5.41) is 2.98. The first kappa shape index (κ1) is 17.5. The zero-order valence-corrected chi connectivity index (χ0v) is 15.3. The maximum atomic E-state index is 13.0. The van der Waals surface area contributed by atoms with Crippen molar-refractivity contribution in [2.75, 3.05) is 26.7 Å². The lowest BCUT2D eigenvalue weighted by molar-refractivity contribution is 0.0397. The normalized spacial score (nSPS) is 18.8. The topological polar surface area (TPSA) is 61.3 Å². The fourth-order valence-corrected chi connectivity index (χ4v) is 3.32. The first-order valence-corrected chi connectivity index (χ1v) is 8.75. The highest BCUT2D eigenvalue weighted by atomic mass is 16.2. The summed E-state index contributed by atoms with van der Waals surface area (Å²) in [5.41, 5.74) is 1.98. The van der Waals surface area contributed by atoms with Crippen molar-refractivity contribution in [2.24, 2.45) is 5.92 Å². The van der Waals surface area contributed by atoms with Crippen molar-refractivity contribution in [2.45, 2.75) is 26.8 Å². The summed E-state index contributed by atoms with van der Waals surface area (Å²) in [5.74, 6) is 0.257. The number of nitrogens with one attached hydrogen (secondary N) is 1. The van der Waals surface area contributed by atoms with Crippen LogP contribution in [-0.2, 0) is 0 Å². The van der Waals surface area contributed by atoms with Crippen molar-refractivity contribution in [3.8, 4) is 5.69 Å². The van der Waals surface area contributed by atoms with Crippen molar-refractivity contribution >= 4 is 5.91 Å². The van der Waals surface area contributed by atoms with E-state index in [1.165, 1.54) is 10.7 Å². The molecule has 0 bridgehead atoms. The van der Waals surface area contributed by atoms with Crippen LogP contribution in [0.1, 0.15) is 29.9 Å². The molecular formula is C19H26N4O2. The molecular weight excluding hydrogens is 316 g/mol. The van der Waals surface area contributed by atoms with Crippen LogP contribution in [0.2, 0.25) is 0 Å². The van der Waals surface area contributed by atoms with E-state index in [1.54, 1.807) is 0 Å². The minimum absolute atomic E-state index is 0.102. The summed E-state index contributed by atoms with van der Waals surface area (Å²) in [4.78, 5) is 29.5. The molecule has 1 atom stereocenters. The van der Waals surface area contributed by atoms with Crippen LogP contribution >= 0.6 is 0 Å². The second-order valence-corrected chi connectivity index (χ2v) is 7.25. The van der Waals surface area contributed by atoms with E-state index in [4.69, 9.17) is 0 Å². The van der Waals surface area contributed by atoms with Gasteiger partial charge in [0.1, 0.15) is 5.69 Å². The van der Waals surface area contributed by atoms with Gasteiger partial charge in [-0.05, 0) is 32.0 Å². The van der Waals surface area contributed by atoms with Crippen molar-refractivity contribution in [3.63, 3.8) is 0 Å². The zero-order valence-electron chi connectivity index (χ0n) is 15.3. The largest absolute Gasteiger partial charge is 0.332 e. The molecule has 1 saturated heterocycles. The van der Waals surface area contributed by atoms with Gasteiger partial charge in [-0.15, -0.1) is 0 Å². The highest BCUT2D eigenvalue weighted by Gasteiger charge is 2.32. The molecule has 0 aliphatic carbocycles. The van der Waals surface area contributed by atoms with Gasteiger partial charge in [0, 0.05) is 31.7 Å². The number of carbonyl (C=O) groups is 1. The first-order valence-electron chi connectivity index (χ1n) is 8.75. The van der Waals surface area contributed by atoms with E-state index in [2.05, 4.69) is 30.9 Å². The maximum Gasteiger partial charge on any atom is 0.272 e. The van der Waals surface area contributed by atoms with E-state index >= 15 is 0 Å². The highest BCUT2D eigenvalue weighted by molar-refractivity contribution is 5.92. The lowest BCUT2D eigenvalue weighted by Crippen LogP contribution is -2.56. The van der Waals surface area contributed by atoms with Crippen LogP contribution in [0.25, 0.3) is 5.69 Å². The lowest BCUT2D eigenvalue weighted by Gasteiger charge is -2.42. The first-order chi connectivity index (χ1) is 11.9. The molecule has 134 valence electrons. The van der Waals surface area contributed by atoms with Crippen LogP contribution in [0.15, 0.2) is 35.1 Å². The quantitative estimate of drug-likeness (QED) is 0.926. The van der Waals surface area contributed by atoms with Gasteiger partial charge >= 0.3 is 0 Å². The molecule has 1 aliphatic heterocycles. The summed E-state index contributed by atoms with van der Waals surface area (Å²) in [6.07, 6.45) is 0. The van der Waals surface area contributed by atoms with Gasteiger partial charge in [-0.2, -0.15) is 0 Å². The number of hydrogen-bond donors (Lipinski definition) is 1. The molecule has 25 heavy (non-hydrogen) atoms. The third-order valence-corrected chi connectivity index (χ3v) is 4.90. The average Bonchev–Trinajstić information content (AvgIpc) is 2.96. The zero-order chi connectivity index (χ0) is 18.1. The molecule has 0 saturated carbocycles. The van der Waals surface area contributed by atoms with Crippen LogP contribution in [0, 0.1) is 12.8 Å². The maximum absolute atomic E-state index is 13.0. The van der Waals surface area contributed by atoms with Gasteiger partial charge in [-0.25, -0.2) is 4.68 Å². The molecule has 1 amide bonds. The predicted molar refractivity (Wildman–Crippen MR) is 98.3 cm³/mol. The summed E-state index contributed by atoms with van der Waals surface area (Å²) in [6.45, 7) is 8.63. The molecule has 1 aliphatic rings. The molecule has 0 spiro atoms. The van der Waals surface area contributed by atoms with E-state index in [9.17, 15) is 9.59 Å². The summed E-state index contributed by atoms with van der Waals surface area (Å²) < 4.78 is 1.42. The number of rotatable bonds is 3. The van der Waals surface area contributed by atoms with E-state index in [1.807, 2.05) is 36.1 Å². The summed E-state index contributed by atoms with van der Waals surface area (Å²) in [6, 6.07) is 9.18. The molecule has 3 rings (SSSR count). The number of piperazine rings is 1. The molecule has 1 unspecified atom stereocenters. The third-order valence-electron chi connectivity index (χ3n) is 4.90. The summed E-state index contributed by atoms with van der Waals surface area (Å²) >= 11 is 0. The van der Waals surface area contributed by atoms with E-state index in [0.29, 0.717) is 18.2 Å². The number of likely N-dealkylation sites (N-methyl/N-ethyl adjacent to an activating group) is 1. The third kappa shape index (κ3) is 3.54. The Morgan fingerprint density at radius 2 is 1.88 bits per heavy atom. The van der Waals surface area contributed by atoms with E-state index in [-0.39, 0.29) is 17.5 Å². The van der Waals surface area contributed by atoms with Crippen LogP contribution in [0.4, 0.5) is 0 Å². The number of aryl methyl sites for hydroxylation is 1. The number of benzene rings is 1. The number of carbonyl (C=O) groups excluding carboxylic acids is 1. The van der Waals surface area contributed by atoms with Crippen molar-refractivity contribution < 1.29 is 4.79 Å². The smallest absolute Gasteiger partial charge is 0.272 e. The Bertz CT molecular complexity index is 804. The number of H-pyrrole nitrogens is 1. The number of aromatic amines is 1. The summed E-state index contributed by atoms with van der Waals surface area (Å²) in [7, 11) is 2.08. The Balaban J connectivity index is 1.89. The number of hydrogen-bond acceptors (Lipinski definition) is 3. The molecule has 0 radical (unpaired) electrons. The number of aromatic nitrogens is 2. The van der Waals surface area contributed by atoms with Gasteiger partial charge < -0.3 is 9.80 Å². The molecule has 2 heterocycles. The standard InChI is InChI=1S/C19H26N4O2/c1-13(2)17-12-21(4)9-10-22(17)19(25)16-11-18(24)23(20-16)15-7-5-14(3)6-8-15/h5-8,11,13,17,20H,9-10,12H2,1-4H3. The monoisotopic (exact) mass is 342 g/mol. The fourth-order valence-electron chi connectivity index (χ4n) is 3.32. The van der Waals surface area contributed by atoms with Crippen LogP contribution in [0.3, 0.4) is 0 Å². The van der Waals surface area contributed by atoms with Gasteiger partial charge in [0.15, 0.2) is 0 Å². The number of nitrogens with zero attached hydrogens (tertiary/aromatic N) is 3. The van der Waals surface area contributed by atoms with Gasteiger partial charge in [0.2, 0.25) is 0 Å². The van der Waals surface area contributed by atoms with E-state index in [0.717, 1.165) is 24.3 Å². The van der Waals surface area contributed by atoms with Crippen molar-refractivity contribution in [3.05, 3.63) is 51.9 Å². The molecule has 6 heteroatoms. The number of amides is 1. The van der Waals surface area contributed by atoms with Crippen molar-refractivity contribution in [1.82, 2.24) is 19.6 Å². The average molecular weight is 342 g/mol. The van der Waals surface area contributed by atoms with Gasteiger partial charge in [0.05, 0.1) is 5.69 Å². The molecule has 1 aromatic heterocycles. The van der Waals surface area contributed by atoms with Crippen LogP contribution in [0.5, 0.6) is 0 Å². The van der Waals surface area contributed by atoms with Crippen LogP contribution < -0.4 is 5.56 Å². The Hall–Kier alpha value is -2.34. The second kappa shape index (κ2) is 6.88. The Morgan fingerprint density at radius 3 is 2.52 bits per heavy atom. The Kier molecular flexibility index (Phi) is 4.81. The SMILES string of the molecule is Cc1ccc(-n2[nH]c(C(=O)N3CCN(C)CC3C(C)C)cc2=O)cc1. The highest BCUT2D eigenvalue weighted by Crippen LogP contribution is 2.18. The molecule has 6 nitrogen and oxygen atoms in total. The molecule has 1 N–H and O–H groups in total. The van der Waals surface area contributed by atoms with Gasteiger partial charge in [-0.1, -0.05) is 31.5 Å². The van der Waals surface area contributed by atoms with Gasteiger partial charge in [0.25, 0.3) is 11.5 Å². The lowest BCUT2D eigenvalue weighted by atomic mass is 9.99. The fraction of sp³-hybridized carbons (Fsp3) is 0.474.